The van der Waals surface area contributed by atoms with E-state index in [1.807, 2.05) is 6.92 Å². The van der Waals surface area contributed by atoms with Crippen LogP contribution in [0.4, 0.5) is 0 Å². The Morgan fingerprint density at radius 1 is 1.04 bits per heavy atom. The second-order valence-electron chi connectivity index (χ2n) is 4.06. The summed E-state index contributed by atoms with van der Waals surface area (Å²) in [5, 5.41) is 31.3. The minimum absolute atomic E-state index is 0.0911. The van der Waals surface area contributed by atoms with E-state index >= 15 is 0 Å². The van der Waals surface area contributed by atoms with Gasteiger partial charge in [-0.1, -0.05) is 38.7 Å². The van der Waals surface area contributed by atoms with Crippen molar-refractivity contribution in [3.05, 3.63) is 50.0 Å². The fraction of sp³-hybridized carbons (Fsp3) is 0.500. The molecule has 154 valence electrons. The molecule has 0 saturated carbocycles. The molecule has 0 heterocycles. The van der Waals surface area contributed by atoms with E-state index in [1.54, 1.807) is 19.1 Å². The predicted octanol–water partition coefficient (Wildman–Crippen LogP) is 2.19. The summed E-state index contributed by atoms with van der Waals surface area (Å²) in [6.07, 6.45) is 7.82. The first kappa shape index (κ1) is 31.8. The van der Waals surface area contributed by atoms with Crippen molar-refractivity contribution in [2.24, 2.45) is 0 Å². The summed E-state index contributed by atoms with van der Waals surface area (Å²) in [4.78, 5) is 14.0. The Morgan fingerprint density at radius 3 is 1.85 bits per heavy atom. The van der Waals surface area contributed by atoms with Gasteiger partial charge in [-0.3, -0.25) is 4.89 Å². The second-order valence-corrected chi connectivity index (χ2v) is 4.06. The smallest absolute Gasteiger partial charge is 0.368 e. The molecule has 0 radical (unpaired) electrons. The third-order valence-corrected chi connectivity index (χ3v) is 1.91. The summed E-state index contributed by atoms with van der Waals surface area (Å²) in [6, 6.07) is 0. The zero-order valence-corrected chi connectivity index (χ0v) is 15.8. The molecule has 0 aromatic carbocycles. The second kappa shape index (κ2) is 34.4. The number of hydrogen-bond donors (Lipinski definition) is 4. The highest BCUT2D eigenvalue weighted by Crippen LogP contribution is 1.99. The topological polar surface area (TPSA) is 126 Å². The average Bonchev–Trinajstić information content (AvgIpc) is 2.67. The molecule has 0 bridgehead atoms. The van der Waals surface area contributed by atoms with E-state index in [4.69, 9.17) is 25.3 Å². The van der Waals surface area contributed by atoms with Crippen molar-refractivity contribution in [3.8, 4) is 0 Å². The van der Waals surface area contributed by atoms with Gasteiger partial charge in [-0.05, 0) is 13.3 Å². The number of allylic oxidation sites excluding steroid dienone is 1. The molecule has 0 aliphatic heterocycles. The van der Waals surface area contributed by atoms with Crippen molar-refractivity contribution >= 4 is 5.97 Å². The summed E-state index contributed by atoms with van der Waals surface area (Å²) in [6.45, 7) is 14.3. The van der Waals surface area contributed by atoms with Crippen molar-refractivity contribution in [2.75, 3.05) is 33.0 Å². The highest BCUT2D eigenvalue weighted by Gasteiger charge is 2.02. The van der Waals surface area contributed by atoms with Crippen molar-refractivity contribution in [1.29, 1.82) is 0 Å². The molecule has 8 heteroatoms. The Balaban J connectivity index is -0.000000133. The molecule has 0 aliphatic rings. The fourth-order valence-electron chi connectivity index (χ4n) is 0.815. The summed E-state index contributed by atoms with van der Waals surface area (Å²) >= 11 is 0. The van der Waals surface area contributed by atoms with Gasteiger partial charge in [0, 0.05) is 5.57 Å². The number of aliphatic hydroxyl groups excluding tert-OH is 3. The van der Waals surface area contributed by atoms with Gasteiger partial charge in [-0.2, -0.15) is 5.26 Å². The molecule has 0 unspecified atom stereocenters. The zero-order valence-electron chi connectivity index (χ0n) is 15.8. The zero-order chi connectivity index (χ0) is 21.1. The molecule has 4 N–H and O–H groups in total. The molecule has 0 rings (SSSR count). The first-order valence-corrected chi connectivity index (χ1v) is 7.88. The minimum Gasteiger partial charge on any atom is -0.474 e. The van der Waals surface area contributed by atoms with E-state index in [1.165, 1.54) is 12.5 Å². The lowest BCUT2D eigenvalue weighted by Crippen LogP contribution is -2.01. The van der Waals surface area contributed by atoms with Crippen molar-refractivity contribution in [2.45, 2.75) is 26.7 Å². The maximum Gasteiger partial charge on any atom is 0.368 e. The molecule has 0 fully saturated rings. The number of hydrogen-bond acceptors (Lipinski definition) is 8. The molecule has 0 aliphatic carbocycles. The maximum absolute atomic E-state index is 10.5. The van der Waals surface area contributed by atoms with Crippen LogP contribution < -0.4 is 0 Å². The molecule has 0 atom stereocenters. The Morgan fingerprint density at radius 2 is 1.58 bits per heavy atom. The molecular formula is C18H34O8. The van der Waals surface area contributed by atoms with Gasteiger partial charge in [0.25, 0.3) is 0 Å². The van der Waals surface area contributed by atoms with Crippen LogP contribution in [0.3, 0.4) is 0 Å². The summed E-state index contributed by atoms with van der Waals surface area (Å²) < 4.78 is 9.12. The SMILES string of the molecule is C=CCOCCO.C=COC=C.CCC/C=C(\C)C(=O)OO.OCCO. The Hall–Kier alpha value is -1.97. The van der Waals surface area contributed by atoms with Crippen LogP contribution in [0.25, 0.3) is 0 Å². The van der Waals surface area contributed by atoms with Gasteiger partial charge in [0.05, 0.1) is 45.6 Å². The third-order valence-electron chi connectivity index (χ3n) is 1.91. The first-order valence-electron chi connectivity index (χ1n) is 7.88. The number of carbonyl (C=O) groups excluding carboxylic acids is 1. The summed E-state index contributed by atoms with van der Waals surface area (Å²) in [5.41, 5.74) is 0.448. The van der Waals surface area contributed by atoms with E-state index in [0.29, 0.717) is 18.8 Å². The molecule has 8 nitrogen and oxygen atoms in total. The van der Waals surface area contributed by atoms with Crippen LogP contribution in [-0.2, 0) is 19.2 Å². The van der Waals surface area contributed by atoms with Gasteiger partial charge in [-0.15, -0.1) is 6.58 Å². The van der Waals surface area contributed by atoms with Crippen LogP contribution >= 0.6 is 0 Å². The third kappa shape index (κ3) is 43.1. The van der Waals surface area contributed by atoms with Crippen LogP contribution in [0.15, 0.2) is 50.0 Å². The van der Waals surface area contributed by atoms with E-state index in [0.717, 1.165) is 12.8 Å². The van der Waals surface area contributed by atoms with Crippen LogP contribution in [0.1, 0.15) is 26.7 Å². The molecular weight excluding hydrogens is 344 g/mol. The van der Waals surface area contributed by atoms with Gasteiger partial charge in [0.1, 0.15) is 0 Å². The van der Waals surface area contributed by atoms with Crippen molar-refractivity contribution < 1.29 is 39.7 Å². The van der Waals surface area contributed by atoms with Crippen LogP contribution in [0, 0.1) is 0 Å². The van der Waals surface area contributed by atoms with E-state index in [9.17, 15) is 4.79 Å². The molecule has 0 spiro atoms. The van der Waals surface area contributed by atoms with Gasteiger partial charge in [0.15, 0.2) is 0 Å². The Kier molecular flexibility index (Phi) is 42.0. The van der Waals surface area contributed by atoms with Crippen LogP contribution in [0.5, 0.6) is 0 Å². The highest BCUT2D eigenvalue weighted by atomic mass is 17.1. The monoisotopic (exact) mass is 378 g/mol. The number of carbonyl (C=O) groups is 1. The van der Waals surface area contributed by atoms with E-state index in [-0.39, 0.29) is 19.8 Å². The normalized spacial score (nSPS) is 8.92. The molecule has 26 heavy (non-hydrogen) atoms. The van der Waals surface area contributed by atoms with Crippen molar-refractivity contribution in [1.82, 2.24) is 0 Å². The number of unbranched alkanes of at least 4 members (excludes halogenated alkanes) is 1. The number of ether oxygens (including phenoxy) is 2. The lowest BCUT2D eigenvalue weighted by Gasteiger charge is -1.93. The van der Waals surface area contributed by atoms with Gasteiger partial charge >= 0.3 is 5.97 Å². The Bertz CT molecular complexity index is 332. The molecule has 0 aromatic heterocycles. The van der Waals surface area contributed by atoms with Crippen LogP contribution in [0.2, 0.25) is 0 Å². The summed E-state index contributed by atoms with van der Waals surface area (Å²) in [7, 11) is 0. The molecule has 0 amide bonds. The Labute approximate surface area is 156 Å². The fourth-order valence-corrected chi connectivity index (χ4v) is 0.815. The van der Waals surface area contributed by atoms with Gasteiger partial charge in [0.2, 0.25) is 0 Å². The first-order chi connectivity index (χ1) is 12.5. The standard InChI is InChI=1S/C7H12O3.C5H10O2.C4H6O.C2H6O2/c1-3-4-5-6(2)7(8)10-9;1-2-4-7-5-3-6;1-3-5-4-2;3-1-2-4/h5,9H,3-4H2,1-2H3;2,6H,1,3-5H2;3-4H,1-2H2;3-4H,1-2H2/b6-5+;;;. The molecule has 0 aromatic rings. The maximum atomic E-state index is 10.5. The number of rotatable bonds is 10. The van der Waals surface area contributed by atoms with Gasteiger partial charge < -0.3 is 24.8 Å². The lowest BCUT2D eigenvalue weighted by molar-refractivity contribution is -0.229. The van der Waals surface area contributed by atoms with Crippen molar-refractivity contribution in [3.63, 3.8) is 0 Å². The van der Waals surface area contributed by atoms with E-state index < -0.39 is 5.97 Å². The molecule has 0 saturated heterocycles. The largest absolute Gasteiger partial charge is 0.474 e. The summed E-state index contributed by atoms with van der Waals surface area (Å²) in [5.74, 6) is -0.673. The predicted molar refractivity (Wildman–Crippen MR) is 101 cm³/mol. The van der Waals surface area contributed by atoms with Crippen LogP contribution in [-0.4, -0.2) is 59.6 Å². The van der Waals surface area contributed by atoms with Gasteiger partial charge in [-0.25, -0.2) is 4.79 Å². The number of aliphatic hydroxyl groups is 3. The lowest BCUT2D eigenvalue weighted by atomic mass is 10.2. The van der Waals surface area contributed by atoms with E-state index in [2.05, 4.69) is 29.4 Å². The highest BCUT2D eigenvalue weighted by molar-refractivity contribution is 5.87. The minimum atomic E-state index is -0.673. The average molecular weight is 378 g/mol. The quantitative estimate of drug-likeness (QED) is 0.114.